The Kier molecular flexibility index (Phi) is 4.66. The normalized spacial score (nSPS) is 47.8. The number of carbonyl (C=O) groups excluding carboxylic acids is 1. The first-order valence-corrected chi connectivity index (χ1v) is 11.1. The zero-order valence-electron chi connectivity index (χ0n) is 17.5. The number of rotatable bonds is 3. The Labute approximate surface area is 160 Å². The molecule has 0 unspecified atom stereocenters. The molecule has 0 N–H and O–H groups in total. The lowest BCUT2D eigenvalue weighted by Crippen LogP contribution is -2.51. The number of allylic oxidation sites excluding steroid dienone is 1. The van der Waals surface area contributed by atoms with Gasteiger partial charge in [0.25, 0.3) is 0 Å². The molecule has 146 valence electrons. The number of hydrogen-bond donors (Lipinski definition) is 0. The molecule has 0 spiro atoms. The summed E-state index contributed by atoms with van der Waals surface area (Å²) in [4.78, 5) is 12.3. The highest BCUT2D eigenvalue weighted by molar-refractivity contribution is 5.79. The molecule has 7 atom stereocenters. The summed E-state index contributed by atoms with van der Waals surface area (Å²) in [5.41, 5.74) is 2.36. The molecule has 4 aliphatic rings. The van der Waals surface area contributed by atoms with E-state index in [4.69, 9.17) is 4.74 Å². The van der Waals surface area contributed by atoms with Crippen LogP contribution >= 0.6 is 0 Å². The van der Waals surface area contributed by atoms with Gasteiger partial charge in [-0.1, -0.05) is 25.5 Å². The second-order valence-corrected chi connectivity index (χ2v) is 10.6. The number of Topliss-reactive ketones (excluding diaryl/α,β-unsaturated/α-hetero) is 1. The average Bonchev–Trinajstić information content (AvgIpc) is 2.92. The van der Waals surface area contributed by atoms with Crippen molar-refractivity contribution in [2.75, 3.05) is 0 Å². The van der Waals surface area contributed by atoms with Crippen molar-refractivity contribution >= 4 is 5.78 Å². The maximum atomic E-state index is 12.3. The topological polar surface area (TPSA) is 26.3 Å². The number of ketones is 1. The standard InChI is InChI=1S/C24H38O2/c1-15(2)26-18-10-12-23(4)17(14-18)6-7-19-21-9-8-20(16(3)25)24(21,5)13-11-22(19)23/h14-15,18-22H,6-13H2,1-5H3/t18-,19+,20-,21+,22+,23+,24-/m1/s1. The molecule has 4 rings (SSSR count). The van der Waals surface area contributed by atoms with Crippen molar-refractivity contribution in [3.05, 3.63) is 11.6 Å². The first kappa shape index (κ1) is 18.7. The van der Waals surface area contributed by atoms with E-state index >= 15 is 0 Å². The minimum absolute atomic E-state index is 0.280. The van der Waals surface area contributed by atoms with Gasteiger partial charge in [-0.3, -0.25) is 4.79 Å². The van der Waals surface area contributed by atoms with Crippen molar-refractivity contribution in [1.29, 1.82) is 0 Å². The molecule has 0 radical (unpaired) electrons. The highest BCUT2D eigenvalue weighted by atomic mass is 16.5. The fourth-order valence-corrected chi connectivity index (χ4v) is 7.82. The maximum absolute atomic E-state index is 12.3. The van der Waals surface area contributed by atoms with Crippen LogP contribution < -0.4 is 0 Å². The molecule has 3 saturated carbocycles. The van der Waals surface area contributed by atoms with Gasteiger partial charge in [0.1, 0.15) is 5.78 Å². The first-order valence-electron chi connectivity index (χ1n) is 11.1. The van der Waals surface area contributed by atoms with Gasteiger partial charge >= 0.3 is 0 Å². The van der Waals surface area contributed by atoms with Gasteiger partial charge in [0.2, 0.25) is 0 Å². The van der Waals surface area contributed by atoms with Gasteiger partial charge in [0.05, 0.1) is 12.2 Å². The average molecular weight is 359 g/mol. The summed E-state index contributed by atoms with van der Waals surface area (Å²) in [5, 5.41) is 0. The molecule has 0 aromatic heterocycles. The van der Waals surface area contributed by atoms with Crippen molar-refractivity contribution in [1.82, 2.24) is 0 Å². The third-order valence-electron chi connectivity index (χ3n) is 9.01. The molecule has 2 nitrogen and oxygen atoms in total. The molecule has 0 aliphatic heterocycles. The Morgan fingerprint density at radius 2 is 1.85 bits per heavy atom. The Morgan fingerprint density at radius 3 is 2.54 bits per heavy atom. The fourth-order valence-electron chi connectivity index (χ4n) is 7.82. The predicted molar refractivity (Wildman–Crippen MR) is 106 cm³/mol. The summed E-state index contributed by atoms with van der Waals surface area (Å²) in [6, 6.07) is 0. The zero-order valence-corrected chi connectivity index (χ0v) is 17.5. The second kappa shape index (κ2) is 6.47. The van der Waals surface area contributed by atoms with Gasteiger partial charge in [-0.15, -0.1) is 0 Å². The molecule has 2 heteroatoms. The van der Waals surface area contributed by atoms with Crippen LogP contribution in [0.25, 0.3) is 0 Å². The van der Waals surface area contributed by atoms with Gasteiger partial charge in [0.15, 0.2) is 0 Å². The highest BCUT2D eigenvalue weighted by Crippen LogP contribution is 2.66. The summed E-state index contributed by atoms with van der Waals surface area (Å²) < 4.78 is 6.13. The van der Waals surface area contributed by atoms with E-state index in [0.717, 1.165) is 24.2 Å². The van der Waals surface area contributed by atoms with Crippen molar-refractivity contribution in [2.45, 2.75) is 98.2 Å². The summed E-state index contributed by atoms with van der Waals surface area (Å²) in [6.45, 7) is 11.1. The molecule has 0 aromatic carbocycles. The summed E-state index contributed by atoms with van der Waals surface area (Å²) in [7, 11) is 0. The lowest BCUT2D eigenvalue weighted by Gasteiger charge is -2.58. The number of hydrogen-bond acceptors (Lipinski definition) is 2. The predicted octanol–water partition coefficient (Wildman–Crippen LogP) is 5.95. The molecule has 0 amide bonds. The van der Waals surface area contributed by atoms with E-state index in [1.807, 2.05) is 6.92 Å². The summed E-state index contributed by atoms with van der Waals surface area (Å²) >= 11 is 0. The van der Waals surface area contributed by atoms with Crippen LogP contribution in [0.15, 0.2) is 11.6 Å². The van der Waals surface area contributed by atoms with Crippen LogP contribution in [0.5, 0.6) is 0 Å². The molecule has 0 heterocycles. The van der Waals surface area contributed by atoms with Crippen LogP contribution in [0.4, 0.5) is 0 Å². The monoisotopic (exact) mass is 358 g/mol. The fraction of sp³-hybridized carbons (Fsp3) is 0.875. The van der Waals surface area contributed by atoms with Crippen LogP contribution in [0.1, 0.15) is 86.0 Å². The van der Waals surface area contributed by atoms with Crippen LogP contribution in [0.3, 0.4) is 0 Å². The molecule has 4 aliphatic carbocycles. The molecule has 0 saturated heterocycles. The largest absolute Gasteiger partial charge is 0.371 e. The van der Waals surface area contributed by atoms with Crippen molar-refractivity contribution in [3.8, 4) is 0 Å². The Bertz CT molecular complexity index is 605. The van der Waals surface area contributed by atoms with Gasteiger partial charge in [-0.25, -0.2) is 0 Å². The molecule has 3 fully saturated rings. The second-order valence-electron chi connectivity index (χ2n) is 10.6. The van der Waals surface area contributed by atoms with Crippen LogP contribution in [-0.2, 0) is 9.53 Å². The van der Waals surface area contributed by atoms with Gasteiger partial charge in [-0.05, 0) is 101 Å². The quantitative estimate of drug-likeness (QED) is 0.583. The van der Waals surface area contributed by atoms with Crippen molar-refractivity contribution in [3.63, 3.8) is 0 Å². The van der Waals surface area contributed by atoms with E-state index < -0.39 is 0 Å². The highest BCUT2D eigenvalue weighted by Gasteiger charge is 2.59. The van der Waals surface area contributed by atoms with E-state index in [2.05, 4.69) is 33.8 Å². The molecular weight excluding hydrogens is 320 g/mol. The SMILES string of the molecule is CC(=O)[C@H]1CC[C@H]2[C@@H]3CCC4=C[C@H](OC(C)C)CC[C@]4(C)[C@H]3CC[C@]12C. The molecule has 0 bridgehead atoms. The minimum atomic E-state index is 0.280. The third-order valence-corrected chi connectivity index (χ3v) is 9.01. The molecular formula is C24H38O2. The minimum Gasteiger partial charge on any atom is -0.371 e. The number of carbonyl (C=O) groups is 1. The zero-order chi connectivity index (χ0) is 18.7. The summed E-state index contributed by atoms with van der Waals surface area (Å²) in [6.07, 6.45) is 13.2. The van der Waals surface area contributed by atoms with Gasteiger partial charge in [-0.2, -0.15) is 0 Å². The molecule has 0 aromatic rings. The third kappa shape index (κ3) is 2.74. The van der Waals surface area contributed by atoms with Crippen molar-refractivity contribution in [2.24, 2.45) is 34.5 Å². The number of ether oxygens (including phenoxy) is 1. The maximum Gasteiger partial charge on any atom is 0.133 e. The van der Waals surface area contributed by atoms with E-state index in [1.54, 1.807) is 5.57 Å². The Balaban J connectivity index is 1.58. The Morgan fingerprint density at radius 1 is 1.08 bits per heavy atom. The van der Waals surface area contributed by atoms with Gasteiger partial charge < -0.3 is 4.74 Å². The smallest absolute Gasteiger partial charge is 0.133 e. The van der Waals surface area contributed by atoms with Gasteiger partial charge in [0, 0.05) is 5.92 Å². The molecule has 26 heavy (non-hydrogen) atoms. The van der Waals surface area contributed by atoms with E-state index in [0.29, 0.717) is 29.3 Å². The Hall–Kier alpha value is -0.630. The van der Waals surface area contributed by atoms with Crippen LogP contribution in [0, 0.1) is 34.5 Å². The lowest BCUT2D eigenvalue weighted by atomic mass is 9.46. The van der Waals surface area contributed by atoms with Crippen LogP contribution in [-0.4, -0.2) is 18.0 Å². The lowest BCUT2D eigenvalue weighted by molar-refractivity contribution is -0.128. The first-order chi connectivity index (χ1) is 12.3. The van der Waals surface area contributed by atoms with E-state index in [-0.39, 0.29) is 5.41 Å². The summed E-state index contributed by atoms with van der Waals surface area (Å²) in [5.74, 6) is 3.21. The van der Waals surface area contributed by atoms with E-state index in [9.17, 15) is 4.79 Å². The van der Waals surface area contributed by atoms with Crippen LogP contribution in [0.2, 0.25) is 0 Å². The van der Waals surface area contributed by atoms with Crippen molar-refractivity contribution < 1.29 is 9.53 Å². The number of fused-ring (bicyclic) bond motifs is 5. The van der Waals surface area contributed by atoms with E-state index in [1.165, 1.54) is 44.9 Å².